The Morgan fingerprint density at radius 3 is 1.55 bits per heavy atom. The van der Waals surface area contributed by atoms with E-state index in [1.54, 1.807) is 50.2 Å². The lowest BCUT2D eigenvalue weighted by atomic mass is 9.99. The van der Waals surface area contributed by atoms with E-state index in [1.807, 2.05) is 56.3 Å². The third-order valence-corrected chi connectivity index (χ3v) is 17.7. The normalized spacial score (nSPS) is 15.0. The number of phenolic OH excluding ortho intramolecular Hbond substituents is 1. The number of carboxylic acids is 1. The zero-order valence-electron chi connectivity index (χ0n) is 62.0. The van der Waals surface area contributed by atoms with E-state index in [-0.39, 0.29) is 95.0 Å². The lowest BCUT2D eigenvalue weighted by Gasteiger charge is -2.31. The second-order valence-corrected chi connectivity index (χ2v) is 27.8. The highest BCUT2D eigenvalue weighted by molar-refractivity contribution is 6.30. The number of nitrogens with two attached hydrogens (primary N) is 2. The number of primary amides is 2. The molecule has 0 bridgehead atoms. The number of nitrogens with one attached hydrogen (secondary N) is 11. The SMILES string of the molecule is CC(=O)N[C@H](Cc1ccc2ccccc2c1)C(=O)N[C@H](Cc1ccc(Cl)cc1)C(=O)N[C@H](Cc1cccnc1)C(=O)N[C@@H](CO)C(=O)N[C@@H](Cc1ccc(O)cc1)C(=O)N[C@H](CCCCNC(N)=O)C(=O)N[C@@H](CC(C)C)C(=O)N[C@@H](CCCCNC(C)C)C(=O)N1CCC[C@H]1C(=O)N[C@H](C)C(N)=O.CC(=O)O. The molecular weight excluding hydrogens is 1410 g/mol. The summed E-state index contributed by atoms with van der Waals surface area (Å²) in [7, 11) is 0. The summed E-state index contributed by atoms with van der Waals surface area (Å²) >= 11 is 6.24. The van der Waals surface area contributed by atoms with Crippen LogP contribution in [0, 0.1) is 5.92 Å². The summed E-state index contributed by atoms with van der Waals surface area (Å²) in [6.45, 7) is 11.2. The van der Waals surface area contributed by atoms with Crippen LogP contribution in [-0.4, -0.2) is 195 Å². The number of hydrogen-bond donors (Lipinski definition) is 16. The number of aliphatic hydroxyl groups excluding tert-OH is 1. The van der Waals surface area contributed by atoms with Crippen molar-refractivity contribution in [1.82, 2.24) is 68.4 Å². The molecule has 0 saturated carbocycles. The number of urea groups is 1. The number of carbonyl (C=O) groups excluding carboxylic acids is 12. The fourth-order valence-electron chi connectivity index (χ4n) is 11.9. The van der Waals surface area contributed by atoms with E-state index in [1.165, 1.54) is 55.4 Å². The van der Waals surface area contributed by atoms with Crippen molar-refractivity contribution in [2.75, 3.05) is 26.2 Å². The zero-order chi connectivity index (χ0) is 79.6. The largest absolute Gasteiger partial charge is 0.508 e. The number of carbonyl (C=O) groups is 13. The second kappa shape index (κ2) is 45.0. The molecule has 1 saturated heterocycles. The number of rotatable bonds is 41. The molecule has 10 atom stereocenters. The Labute approximate surface area is 633 Å². The molecule has 4 aromatic carbocycles. The van der Waals surface area contributed by atoms with E-state index in [9.17, 15) is 67.7 Å². The average Bonchev–Trinajstić information content (AvgIpc) is 1.57. The van der Waals surface area contributed by atoms with E-state index >= 15 is 0 Å². The van der Waals surface area contributed by atoms with Gasteiger partial charge in [0.25, 0.3) is 5.97 Å². The van der Waals surface area contributed by atoms with Gasteiger partial charge in [-0.1, -0.05) is 112 Å². The number of carboxylic acid groups (broad SMARTS) is 1. The van der Waals surface area contributed by atoms with E-state index < -0.39 is 144 Å². The van der Waals surface area contributed by atoms with Crippen LogP contribution < -0.4 is 70.0 Å². The molecule has 0 unspecified atom stereocenters. The first kappa shape index (κ1) is 87.8. The number of unbranched alkanes of at least 4 members (excludes halogenated alkanes) is 2. The predicted octanol–water partition coefficient (Wildman–Crippen LogP) is 1.88. The number of amides is 13. The predicted molar refractivity (Wildman–Crippen MR) is 403 cm³/mol. The van der Waals surface area contributed by atoms with Gasteiger partial charge in [0, 0.05) is 76.1 Å². The van der Waals surface area contributed by atoms with Crippen LogP contribution in [0.3, 0.4) is 0 Å². The molecule has 1 aliphatic heterocycles. The fraction of sp³-hybridized carbons (Fsp3) is 0.474. The van der Waals surface area contributed by atoms with Crippen LogP contribution in [0.1, 0.15) is 129 Å². The lowest BCUT2D eigenvalue weighted by Crippen LogP contribution is -2.61. The summed E-state index contributed by atoms with van der Waals surface area (Å²) in [5.74, 6) is -9.90. The molecule has 13 amide bonds. The molecule has 1 aliphatic rings. The maximum Gasteiger partial charge on any atom is 0.312 e. The Morgan fingerprint density at radius 2 is 1.01 bits per heavy atom. The molecule has 6 rings (SSSR count). The minimum atomic E-state index is -1.83. The highest BCUT2D eigenvalue weighted by Crippen LogP contribution is 2.23. The molecule has 108 heavy (non-hydrogen) atoms. The summed E-state index contributed by atoms with van der Waals surface area (Å²) in [6.07, 6.45) is 4.59. The van der Waals surface area contributed by atoms with Gasteiger partial charge in [-0.2, -0.15) is 0 Å². The van der Waals surface area contributed by atoms with Gasteiger partial charge in [-0.3, -0.25) is 62.5 Å². The molecule has 586 valence electrons. The van der Waals surface area contributed by atoms with Crippen molar-refractivity contribution in [2.45, 2.75) is 198 Å². The van der Waals surface area contributed by atoms with Gasteiger partial charge < -0.3 is 90.2 Å². The van der Waals surface area contributed by atoms with Crippen LogP contribution in [0.2, 0.25) is 5.02 Å². The van der Waals surface area contributed by atoms with Crippen molar-refractivity contribution in [2.24, 2.45) is 17.4 Å². The number of hydrogen-bond acceptors (Lipinski definition) is 17. The van der Waals surface area contributed by atoms with Gasteiger partial charge in [-0.05, 0) is 141 Å². The quantitative estimate of drug-likeness (QED) is 0.0248. The van der Waals surface area contributed by atoms with Gasteiger partial charge in [0.2, 0.25) is 65.0 Å². The third kappa shape index (κ3) is 31.0. The number of pyridine rings is 1. The van der Waals surface area contributed by atoms with Gasteiger partial charge >= 0.3 is 6.03 Å². The van der Waals surface area contributed by atoms with Crippen LogP contribution in [0.15, 0.2) is 116 Å². The summed E-state index contributed by atoms with van der Waals surface area (Å²) in [6, 6.07) is 14.4. The zero-order valence-corrected chi connectivity index (χ0v) is 62.8. The Kier molecular flexibility index (Phi) is 36.6. The molecular formula is C76H104ClN15O16. The van der Waals surface area contributed by atoms with Crippen LogP contribution in [-0.2, 0) is 83.2 Å². The van der Waals surface area contributed by atoms with Gasteiger partial charge in [0.15, 0.2) is 0 Å². The van der Waals surface area contributed by atoms with Crippen LogP contribution in [0.25, 0.3) is 10.8 Å². The summed E-state index contributed by atoms with van der Waals surface area (Å²) < 4.78 is 0. The van der Waals surface area contributed by atoms with Gasteiger partial charge in [-0.15, -0.1) is 0 Å². The number of phenols is 1. The summed E-state index contributed by atoms with van der Waals surface area (Å²) in [4.78, 5) is 182. The van der Waals surface area contributed by atoms with Crippen molar-refractivity contribution in [3.05, 3.63) is 143 Å². The van der Waals surface area contributed by atoms with Crippen molar-refractivity contribution in [1.29, 1.82) is 0 Å². The van der Waals surface area contributed by atoms with Gasteiger partial charge in [0.1, 0.15) is 66.2 Å². The number of aliphatic hydroxyl groups is 1. The fourth-order valence-corrected chi connectivity index (χ4v) is 12.1. The van der Waals surface area contributed by atoms with E-state index in [0.717, 1.165) is 17.7 Å². The van der Waals surface area contributed by atoms with Crippen molar-refractivity contribution >= 4 is 99.4 Å². The van der Waals surface area contributed by atoms with Crippen molar-refractivity contribution in [3.63, 3.8) is 0 Å². The van der Waals surface area contributed by atoms with Crippen molar-refractivity contribution in [3.8, 4) is 5.75 Å². The van der Waals surface area contributed by atoms with Crippen LogP contribution in [0.5, 0.6) is 5.75 Å². The Morgan fingerprint density at radius 1 is 0.537 bits per heavy atom. The number of aromatic hydroxyl groups is 1. The Hall–Kier alpha value is -10.8. The minimum Gasteiger partial charge on any atom is -0.508 e. The second-order valence-electron chi connectivity index (χ2n) is 27.4. The summed E-state index contributed by atoms with van der Waals surface area (Å²) in [5, 5.41) is 60.9. The molecule has 5 aromatic rings. The van der Waals surface area contributed by atoms with Crippen molar-refractivity contribution < 1.29 is 77.6 Å². The first-order chi connectivity index (χ1) is 51.3. The Bertz CT molecular complexity index is 3850. The lowest BCUT2D eigenvalue weighted by molar-refractivity contribution is -0.142. The molecule has 0 radical (unpaired) electrons. The summed E-state index contributed by atoms with van der Waals surface area (Å²) in [5.41, 5.74) is 12.8. The number of aromatic nitrogens is 1. The number of benzene rings is 4. The molecule has 0 aliphatic carbocycles. The highest BCUT2D eigenvalue weighted by Gasteiger charge is 2.40. The molecule has 0 spiro atoms. The molecule has 1 fully saturated rings. The average molecular weight is 1520 g/mol. The van der Waals surface area contributed by atoms with Crippen LogP contribution >= 0.6 is 11.6 Å². The maximum absolute atomic E-state index is 15.0. The topological polar surface area (TPSA) is 483 Å². The minimum absolute atomic E-state index is 0.0327. The van der Waals surface area contributed by atoms with Gasteiger partial charge in [0.05, 0.1) is 6.61 Å². The molecule has 18 N–H and O–H groups in total. The third-order valence-electron chi connectivity index (χ3n) is 17.5. The number of halogens is 1. The molecule has 32 heteroatoms. The number of fused-ring (bicyclic) bond motifs is 1. The molecule has 1 aromatic heterocycles. The van der Waals surface area contributed by atoms with E-state index in [2.05, 4.69) is 63.5 Å². The first-order valence-corrected chi connectivity index (χ1v) is 36.4. The number of likely N-dealkylation sites (tertiary alicyclic amines) is 1. The molecule has 2 heterocycles. The molecule has 31 nitrogen and oxygen atoms in total. The van der Waals surface area contributed by atoms with Crippen LogP contribution in [0.4, 0.5) is 4.79 Å². The Balaban J connectivity index is 0.00000509. The van der Waals surface area contributed by atoms with E-state index in [4.69, 9.17) is 33.0 Å². The smallest absolute Gasteiger partial charge is 0.312 e. The monoisotopic (exact) mass is 1520 g/mol. The van der Waals surface area contributed by atoms with Gasteiger partial charge in [-0.25, -0.2) is 4.79 Å². The maximum atomic E-state index is 15.0. The standard InChI is InChI=1S/C74H100ClN15O14.C2H4O2/c1-43(2)35-57(66(96)84-56(19-10-11-32-79-44(3)4)73(103)90-34-14-20-63(90)72(102)81-45(5)64(76)94)85-65(95)55(18-9-12-33-80-74(77)104)83-68(98)59(38-48-24-29-54(93)30-25-48)88-71(101)62(42-91)89-70(100)61(40-50-15-13-31-78-41-50)87-69(99)60(37-47-22-27-53(75)28-23-47)86-67(97)58(82-46(6)92)39-49-21-26-51-16-7-8-17-52(51)36-49;1-2(3)4/h7-8,13,15-17,21-31,36,41,43-45,55-63,79,91,93H,9-12,14,18-20,32-35,37-40,42H2,1-6H3,(H2,76,94)(H,81,102)(H,82,92)(H,83,98)(H,84,96)(H,85,95)(H,86,97)(H,87,99)(H,88,101)(H,89,100)(H3,77,80,104);1H3,(H,3,4)/t45-,55-,56+,57+,58-,59+,60-,61-,62+,63+;/m1./s1. The highest BCUT2D eigenvalue weighted by atomic mass is 35.5. The number of nitrogens with zero attached hydrogens (tertiary/aromatic N) is 2. The van der Waals surface area contributed by atoms with E-state index in [0.29, 0.717) is 53.1 Å². The first-order valence-electron chi connectivity index (χ1n) is 36.1. The number of aliphatic carboxylic acids is 1.